The smallest absolute Gasteiger partial charge is 0.223 e. The molecule has 20 nitrogen and oxygen atoms in total. The third kappa shape index (κ3) is 17.2. The van der Waals surface area contributed by atoms with Gasteiger partial charge in [-0.15, -0.1) is 0 Å². The number of fused-ring (bicyclic) bond motifs is 2. The number of nitrogens with two attached hydrogens (primary N) is 5. The Balaban J connectivity index is 2.09. The zero-order chi connectivity index (χ0) is 49.6. The number of methoxy groups -OCH3 is 1. The van der Waals surface area contributed by atoms with Gasteiger partial charge < -0.3 is 68.4 Å². The first-order chi connectivity index (χ1) is 31.9. The Morgan fingerprint density at radius 2 is 1.24 bits per heavy atom. The Kier molecular flexibility index (Phi) is 22.6. The molecule has 67 heavy (non-hydrogen) atoms. The maximum Gasteiger partial charge on any atom is 0.223 e. The van der Waals surface area contributed by atoms with Crippen LogP contribution < -0.4 is 64.3 Å². The Bertz CT molecular complexity index is 2380. The van der Waals surface area contributed by atoms with Gasteiger partial charge in [0.1, 0.15) is 41.3 Å². The van der Waals surface area contributed by atoms with Gasteiger partial charge in [-0.05, 0) is 73.3 Å². The second-order valence-corrected chi connectivity index (χ2v) is 16.6. The van der Waals surface area contributed by atoms with Crippen LogP contribution in [-0.4, -0.2) is 107 Å². The van der Waals surface area contributed by atoms with Crippen molar-refractivity contribution in [2.24, 2.45) is 50.5 Å². The van der Waals surface area contributed by atoms with Crippen molar-refractivity contribution < 1.29 is 42.9 Å². The summed E-state index contributed by atoms with van der Waals surface area (Å²) >= 11 is 0. The van der Waals surface area contributed by atoms with Gasteiger partial charge in [-0.2, -0.15) is 0 Å². The lowest BCUT2D eigenvalue weighted by Crippen LogP contribution is -2.36. The molecular weight excluding hydrogens is 865 g/mol. The number of carbonyl (C=O) groups excluding carboxylic acids is 4. The second-order valence-electron chi connectivity index (χ2n) is 16.6. The highest BCUT2D eigenvalue weighted by Gasteiger charge is 2.27. The Hall–Kier alpha value is -6.67. The van der Waals surface area contributed by atoms with Crippen LogP contribution in [0, 0.1) is 11.8 Å². The van der Waals surface area contributed by atoms with Crippen LogP contribution >= 0.6 is 0 Å². The van der Waals surface area contributed by atoms with Crippen molar-refractivity contribution in [3.63, 3.8) is 0 Å². The summed E-state index contributed by atoms with van der Waals surface area (Å²) < 4.78 is 24.4. The van der Waals surface area contributed by atoms with Crippen LogP contribution in [0.15, 0.2) is 54.6 Å². The van der Waals surface area contributed by atoms with Crippen LogP contribution in [0.1, 0.15) is 77.3 Å². The number of hydrogen-bond donors (Lipinski definition) is 9. The zero-order valence-corrected chi connectivity index (χ0v) is 39.7. The van der Waals surface area contributed by atoms with E-state index in [2.05, 4.69) is 25.9 Å². The number of nitrogens with zero attached hydrogens (tertiary/aromatic N) is 2. The topological polar surface area (TPSA) is 337 Å². The Labute approximate surface area is 391 Å². The van der Waals surface area contributed by atoms with Crippen molar-refractivity contribution in [2.75, 3.05) is 66.6 Å². The highest BCUT2D eigenvalue weighted by Crippen LogP contribution is 2.42. The first kappa shape index (κ1) is 54.7. The van der Waals surface area contributed by atoms with Crippen LogP contribution in [0.2, 0.25) is 0 Å². The minimum absolute atomic E-state index is 0.0488. The van der Waals surface area contributed by atoms with Gasteiger partial charge in [0.2, 0.25) is 17.2 Å². The van der Waals surface area contributed by atoms with Gasteiger partial charge in [0.25, 0.3) is 0 Å². The Morgan fingerprint density at radius 1 is 0.746 bits per heavy atom. The number of likely N-dealkylation sites (N-methyl/N-ethyl adjacent to an activating group) is 1. The zero-order valence-electron chi connectivity index (χ0n) is 39.7. The molecule has 20 heteroatoms. The van der Waals surface area contributed by atoms with Crippen LogP contribution in [-0.2, 0) is 32.0 Å². The van der Waals surface area contributed by atoms with Crippen LogP contribution in [0.5, 0.6) is 23.0 Å². The highest BCUT2D eigenvalue weighted by molar-refractivity contribution is 5.98. The van der Waals surface area contributed by atoms with Crippen molar-refractivity contribution in [1.82, 2.24) is 16.0 Å². The number of hydrogen-bond acceptors (Lipinski definition) is 14. The van der Waals surface area contributed by atoms with Crippen molar-refractivity contribution in [3.8, 4) is 23.0 Å². The maximum absolute atomic E-state index is 14.7. The van der Waals surface area contributed by atoms with Crippen molar-refractivity contribution in [1.29, 1.82) is 0 Å². The Morgan fingerprint density at radius 3 is 1.73 bits per heavy atom. The third-order valence-electron chi connectivity index (χ3n) is 10.5. The average molecular weight is 935 g/mol. The van der Waals surface area contributed by atoms with E-state index in [1.807, 2.05) is 39.8 Å². The number of amides is 2. The van der Waals surface area contributed by atoms with E-state index in [0.29, 0.717) is 44.3 Å². The molecule has 14 N–H and O–H groups in total. The fourth-order valence-electron chi connectivity index (χ4n) is 7.19. The molecule has 0 bridgehead atoms. The molecule has 0 spiro atoms. The van der Waals surface area contributed by atoms with E-state index < -0.39 is 36.2 Å². The SMILES string of the molecule is CNCCNC(=O)[C@H](CCCN=C(N)N)CC(=O)COc1cc2oc3cc(OCC(=O)C[C@@H](CCCN=C(N)N)C(=O)NCCN)c(OC)c(CC=C(C)C)c3c(=O)c2c(O)c1CC=C(C)C. The van der Waals surface area contributed by atoms with E-state index in [0.717, 1.165) is 11.1 Å². The van der Waals surface area contributed by atoms with Gasteiger partial charge in [-0.1, -0.05) is 23.3 Å². The largest absolute Gasteiger partial charge is 0.507 e. The molecule has 0 fully saturated rings. The fraction of sp³-hybridized carbons (Fsp3) is 0.511. The van der Waals surface area contributed by atoms with E-state index in [1.165, 1.54) is 19.2 Å². The van der Waals surface area contributed by atoms with Gasteiger partial charge in [0.15, 0.2) is 35.0 Å². The molecular formula is C47H70N10O10. The summed E-state index contributed by atoms with van der Waals surface area (Å²) in [5.41, 5.74) is 29.3. The van der Waals surface area contributed by atoms with E-state index in [4.69, 9.17) is 47.3 Å². The predicted octanol–water partition coefficient (Wildman–Crippen LogP) is 2.10. The number of guanidine groups is 2. The lowest BCUT2D eigenvalue weighted by atomic mass is 9.96. The summed E-state index contributed by atoms with van der Waals surface area (Å²) in [4.78, 5) is 75.7. The molecule has 368 valence electrons. The average Bonchev–Trinajstić information content (AvgIpc) is 3.26. The molecule has 2 aromatic carbocycles. The molecule has 0 aliphatic rings. The van der Waals surface area contributed by atoms with Gasteiger partial charge >= 0.3 is 0 Å². The summed E-state index contributed by atoms with van der Waals surface area (Å²) in [6.07, 6.45) is 5.34. The summed E-state index contributed by atoms with van der Waals surface area (Å²) in [5.74, 6) is -2.99. The van der Waals surface area contributed by atoms with Gasteiger partial charge in [0.05, 0.1) is 12.5 Å². The number of nitrogens with one attached hydrogen (secondary N) is 3. The molecule has 2 atom stereocenters. The van der Waals surface area contributed by atoms with Crippen LogP contribution in [0.25, 0.3) is 21.9 Å². The fourth-order valence-corrected chi connectivity index (χ4v) is 7.19. The summed E-state index contributed by atoms with van der Waals surface area (Å²) in [5, 5.41) is 20.5. The first-order valence-electron chi connectivity index (χ1n) is 22.3. The number of allylic oxidation sites excluding steroid dienone is 4. The monoisotopic (exact) mass is 935 g/mol. The maximum atomic E-state index is 14.7. The van der Waals surface area contributed by atoms with Crippen LogP contribution in [0.4, 0.5) is 0 Å². The normalized spacial score (nSPS) is 11.8. The molecule has 3 rings (SSSR count). The quantitative estimate of drug-likeness (QED) is 0.0152. The minimum Gasteiger partial charge on any atom is -0.507 e. The van der Waals surface area contributed by atoms with E-state index in [-0.39, 0.29) is 132 Å². The number of phenols is 1. The number of ketones is 2. The first-order valence-corrected chi connectivity index (χ1v) is 22.3. The summed E-state index contributed by atoms with van der Waals surface area (Å²) in [6.45, 7) is 8.56. The molecule has 1 heterocycles. The van der Waals surface area contributed by atoms with Crippen molar-refractivity contribution >= 4 is 57.2 Å². The number of aliphatic imine (C=N–C) groups is 2. The molecule has 2 amide bonds. The second kappa shape index (κ2) is 27.7. The number of rotatable bonds is 30. The van der Waals surface area contributed by atoms with Gasteiger partial charge in [0, 0.05) is 87.2 Å². The molecule has 0 aliphatic heterocycles. The molecule has 0 aliphatic carbocycles. The summed E-state index contributed by atoms with van der Waals surface area (Å²) in [6, 6.07) is 2.88. The van der Waals surface area contributed by atoms with Gasteiger partial charge in [-0.3, -0.25) is 34.0 Å². The lowest BCUT2D eigenvalue weighted by molar-refractivity contribution is -0.130. The lowest BCUT2D eigenvalue weighted by Gasteiger charge is -2.19. The van der Waals surface area contributed by atoms with Crippen molar-refractivity contribution in [2.45, 2.75) is 79.1 Å². The molecule has 0 unspecified atom stereocenters. The number of carbonyl (C=O) groups is 4. The standard InChI is InChI=1S/C47H70N10O10/c1-27(2)11-13-33-35(65-25-31(58)22-30(10-8-17-57-47(51)52)45(63)55-20-19-53-5)23-37-40(41(33)60)42(61)39-34(14-12-28(3)4)43(64-6)38(24-36(39)67-37)66-26-32(59)21-29(44(62)54-18-15-48)9-7-16-56-46(49)50/h11-12,23-24,29-30,53,60H,7-10,13-22,25-26,48H2,1-6H3,(H,54,62)(H,55,63)(H4,49,50,56)(H4,51,52,57)/t29-,30-/m1/s1. The highest BCUT2D eigenvalue weighted by atomic mass is 16.5. The minimum atomic E-state index is -0.704. The van der Waals surface area contributed by atoms with E-state index in [9.17, 15) is 29.1 Å². The summed E-state index contributed by atoms with van der Waals surface area (Å²) in [7, 11) is 3.17. The molecule has 0 saturated carbocycles. The number of benzene rings is 2. The number of ether oxygens (including phenoxy) is 3. The van der Waals surface area contributed by atoms with Gasteiger partial charge in [-0.25, -0.2) is 0 Å². The predicted molar refractivity (Wildman–Crippen MR) is 261 cm³/mol. The number of Topliss-reactive ketones (excluding diaryl/α,β-unsaturated/α-hetero) is 2. The number of phenolic OH excluding ortho intramolecular Hbond substituents is 1. The van der Waals surface area contributed by atoms with E-state index >= 15 is 0 Å². The van der Waals surface area contributed by atoms with Crippen LogP contribution in [0.3, 0.4) is 0 Å². The number of aromatic hydroxyl groups is 1. The molecule has 0 radical (unpaired) electrons. The molecule has 0 saturated heterocycles. The van der Waals surface area contributed by atoms with E-state index in [1.54, 1.807) is 7.05 Å². The molecule has 3 aromatic rings. The molecule has 1 aromatic heterocycles. The third-order valence-corrected chi connectivity index (χ3v) is 10.5. The van der Waals surface area contributed by atoms with Crippen molar-refractivity contribution in [3.05, 3.63) is 56.8 Å².